The minimum atomic E-state index is -3.28. The topological polar surface area (TPSA) is 60.9 Å². The zero-order valence-corrected chi connectivity index (χ0v) is 14.6. The minimum absolute atomic E-state index is 0.00456. The Hall–Kier alpha value is -0.950. The number of benzene rings is 1. The number of aliphatic hydroxyl groups excluding tert-OH is 1. The van der Waals surface area contributed by atoms with Crippen molar-refractivity contribution in [1.82, 2.24) is 9.21 Å². The predicted molar refractivity (Wildman–Crippen MR) is 88.2 cm³/mol. The normalized spacial score (nSPS) is 23.4. The molecule has 0 saturated carbocycles. The maximum absolute atomic E-state index is 12.0. The first-order valence-electron chi connectivity index (χ1n) is 7.56. The van der Waals surface area contributed by atoms with Crippen LogP contribution in [-0.4, -0.2) is 61.8 Å². The molecule has 1 aliphatic rings. The van der Waals surface area contributed by atoms with Crippen LogP contribution in [0.15, 0.2) is 18.2 Å². The van der Waals surface area contributed by atoms with E-state index in [0.717, 1.165) is 6.54 Å². The molecular weight excluding hydrogens is 300 g/mol. The first-order chi connectivity index (χ1) is 10.2. The van der Waals surface area contributed by atoms with E-state index < -0.39 is 16.1 Å². The van der Waals surface area contributed by atoms with Gasteiger partial charge < -0.3 is 5.11 Å². The van der Waals surface area contributed by atoms with Gasteiger partial charge in [0.25, 0.3) is 0 Å². The van der Waals surface area contributed by atoms with E-state index in [1.165, 1.54) is 35.1 Å². The fourth-order valence-corrected chi connectivity index (χ4v) is 3.98. The van der Waals surface area contributed by atoms with Gasteiger partial charge in [-0.05, 0) is 30.5 Å². The summed E-state index contributed by atoms with van der Waals surface area (Å²) in [6, 6.07) is 6.36. The average molecular weight is 326 g/mol. The molecule has 0 aromatic heterocycles. The number of β-amino-alcohol motifs (C(OH)–C–C–N with tert-alkyl or cyclic N) is 1. The summed E-state index contributed by atoms with van der Waals surface area (Å²) in [6.07, 6.45) is -0.582. The maximum atomic E-state index is 12.0. The third-order valence-corrected chi connectivity index (χ3v) is 6.40. The predicted octanol–water partition coefficient (Wildman–Crippen LogP) is 0.988. The van der Waals surface area contributed by atoms with Crippen LogP contribution in [0, 0.1) is 19.8 Å². The molecule has 1 heterocycles. The molecule has 22 heavy (non-hydrogen) atoms. The molecule has 5 nitrogen and oxygen atoms in total. The molecule has 1 fully saturated rings. The van der Waals surface area contributed by atoms with Crippen molar-refractivity contribution in [2.24, 2.45) is 5.92 Å². The van der Waals surface area contributed by atoms with Gasteiger partial charge in [-0.15, -0.1) is 0 Å². The third kappa shape index (κ3) is 4.07. The second-order valence-corrected chi connectivity index (χ2v) is 8.73. The van der Waals surface area contributed by atoms with E-state index in [9.17, 15) is 13.5 Å². The Kier molecular flexibility index (Phi) is 5.27. The summed E-state index contributed by atoms with van der Waals surface area (Å²) in [5.74, 6) is -0.219. The minimum Gasteiger partial charge on any atom is -0.391 e. The van der Waals surface area contributed by atoms with E-state index in [0.29, 0.717) is 13.1 Å². The van der Waals surface area contributed by atoms with Crippen LogP contribution >= 0.6 is 0 Å². The van der Waals surface area contributed by atoms with Gasteiger partial charge >= 0.3 is 0 Å². The van der Waals surface area contributed by atoms with Gasteiger partial charge in [-0.25, -0.2) is 12.7 Å². The summed E-state index contributed by atoms with van der Waals surface area (Å²) in [6.45, 7) is 6.06. The number of aliphatic hydroxyl groups is 1. The number of hydrogen-bond acceptors (Lipinski definition) is 4. The molecule has 1 N–H and O–H groups in total. The monoisotopic (exact) mass is 326 g/mol. The molecule has 0 spiro atoms. The van der Waals surface area contributed by atoms with Crippen molar-refractivity contribution in [3.05, 3.63) is 34.9 Å². The van der Waals surface area contributed by atoms with Crippen LogP contribution in [-0.2, 0) is 16.6 Å². The van der Waals surface area contributed by atoms with Gasteiger partial charge in [0.05, 0.1) is 11.9 Å². The number of nitrogens with zero attached hydrogens (tertiary/aromatic N) is 2. The lowest BCUT2D eigenvalue weighted by atomic mass is 10.1. The molecule has 6 heteroatoms. The van der Waals surface area contributed by atoms with Crippen LogP contribution in [0.1, 0.15) is 16.7 Å². The molecule has 2 unspecified atom stereocenters. The lowest BCUT2D eigenvalue weighted by molar-refractivity contribution is 0.148. The quantitative estimate of drug-likeness (QED) is 0.876. The summed E-state index contributed by atoms with van der Waals surface area (Å²) in [4.78, 5) is 2.13. The van der Waals surface area contributed by atoms with Crippen molar-refractivity contribution < 1.29 is 13.5 Å². The summed E-state index contributed by atoms with van der Waals surface area (Å²) < 4.78 is 25.2. The van der Waals surface area contributed by atoms with Gasteiger partial charge in [-0.1, -0.05) is 18.2 Å². The fourth-order valence-electron chi connectivity index (χ4n) is 2.81. The van der Waals surface area contributed by atoms with Crippen molar-refractivity contribution in [2.75, 3.05) is 32.9 Å². The molecule has 0 bridgehead atoms. The molecule has 0 radical (unpaired) electrons. The fraction of sp³-hybridized carbons (Fsp3) is 0.625. The Balaban J connectivity index is 2.00. The van der Waals surface area contributed by atoms with E-state index in [2.05, 4.69) is 36.9 Å². The Morgan fingerprint density at radius 2 is 1.91 bits per heavy atom. The Morgan fingerprint density at radius 3 is 2.50 bits per heavy atom. The van der Waals surface area contributed by atoms with Crippen LogP contribution < -0.4 is 0 Å². The first kappa shape index (κ1) is 17.4. The van der Waals surface area contributed by atoms with Crippen LogP contribution in [0.2, 0.25) is 0 Å². The van der Waals surface area contributed by atoms with Crippen LogP contribution in [0.4, 0.5) is 0 Å². The van der Waals surface area contributed by atoms with Crippen LogP contribution in [0.3, 0.4) is 0 Å². The van der Waals surface area contributed by atoms with Crippen molar-refractivity contribution >= 4 is 10.0 Å². The number of hydrogen-bond donors (Lipinski definition) is 1. The summed E-state index contributed by atoms with van der Waals surface area (Å²) >= 11 is 0. The number of aryl methyl sites for hydroxylation is 2. The highest BCUT2D eigenvalue weighted by atomic mass is 32.2. The van der Waals surface area contributed by atoms with Gasteiger partial charge in [-0.2, -0.15) is 0 Å². The van der Waals surface area contributed by atoms with E-state index in [4.69, 9.17) is 0 Å². The summed E-state index contributed by atoms with van der Waals surface area (Å²) in [5, 5.41) is 10.2. The van der Waals surface area contributed by atoms with E-state index >= 15 is 0 Å². The highest BCUT2D eigenvalue weighted by molar-refractivity contribution is 7.89. The molecule has 0 aliphatic carbocycles. The second-order valence-electron chi connectivity index (χ2n) is 6.50. The van der Waals surface area contributed by atoms with Crippen LogP contribution in [0.25, 0.3) is 0 Å². The number of rotatable bonds is 5. The van der Waals surface area contributed by atoms with E-state index in [1.807, 2.05) is 0 Å². The SMILES string of the molecule is Cc1ccc(CN2CC(O)C(CS(=O)(=O)N(C)C)C2)cc1C. The smallest absolute Gasteiger partial charge is 0.214 e. The van der Waals surface area contributed by atoms with E-state index in [1.54, 1.807) is 0 Å². The van der Waals surface area contributed by atoms with Gasteiger partial charge in [0.2, 0.25) is 10.0 Å². The molecule has 1 aromatic rings. The second kappa shape index (κ2) is 6.66. The zero-order valence-electron chi connectivity index (χ0n) is 13.8. The van der Waals surface area contributed by atoms with Gasteiger partial charge in [-0.3, -0.25) is 4.90 Å². The Labute approximate surface area is 133 Å². The molecule has 0 amide bonds. The molecule has 124 valence electrons. The highest BCUT2D eigenvalue weighted by Gasteiger charge is 2.35. The van der Waals surface area contributed by atoms with Crippen molar-refractivity contribution in [1.29, 1.82) is 0 Å². The van der Waals surface area contributed by atoms with Gasteiger partial charge in [0, 0.05) is 39.6 Å². The lowest BCUT2D eigenvalue weighted by Gasteiger charge is -2.18. The number of likely N-dealkylation sites (tertiary alicyclic amines) is 1. The summed E-state index contributed by atoms with van der Waals surface area (Å²) in [7, 11) is -0.214. The molecule has 1 aromatic carbocycles. The molecule has 2 rings (SSSR count). The highest BCUT2D eigenvalue weighted by Crippen LogP contribution is 2.22. The number of sulfonamides is 1. The standard InChI is InChI=1S/C16H26N2O3S/c1-12-5-6-14(7-13(12)2)8-18-9-15(16(19)10-18)11-22(20,21)17(3)4/h5-7,15-16,19H,8-11H2,1-4H3. The van der Waals surface area contributed by atoms with Gasteiger partial charge in [0.1, 0.15) is 0 Å². The maximum Gasteiger partial charge on any atom is 0.214 e. The largest absolute Gasteiger partial charge is 0.391 e. The molecular formula is C16H26N2O3S. The molecule has 2 atom stereocenters. The lowest BCUT2D eigenvalue weighted by Crippen LogP contribution is -2.33. The van der Waals surface area contributed by atoms with Crippen molar-refractivity contribution in [2.45, 2.75) is 26.5 Å². The summed E-state index contributed by atoms with van der Waals surface area (Å²) in [5.41, 5.74) is 3.72. The Bertz CT molecular complexity index is 628. The van der Waals surface area contributed by atoms with E-state index in [-0.39, 0.29) is 11.7 Å². The van der Waals surface area contributed by atoms with Crippen molar-refractivity contribution in [3.63, 3.8) is 0 Å². The zero-order chi connectivity index (χ0) is 16.5. The van der Waals surface area contributed by atoms with Crippen molar-refractivity contribution in [3.8, 4) is 0 Å². The first-order valence-corrected chi connectivity index (χ1v) is 9.16. The third-order valence-electron chi connectivity index (χ3n) is 4.44. The molecule has 1 saturated heterocycles. The Morgan fingerprint density at radius 1 is 1.23 bits per heavy atom. The van der Waals surface area contributed by atoms with Crippen LogP contribution in [0.5, 0.6) is 0 Å². The van der Waals surface area contributed by atoms with Gasteiger partial charge in [0.15, 0.2) is 0 Å². The molecule has 1 aliphatic heterocycles. The average Bonchev–Trinajstić information content (AvgIpc) is 2.73.